The van der Waals surface area contributed by atoms with E-state index in [9.17, 15) is 14.0 Å². The lowest BCUT2D eigenvalue weighted by atomic mass is 9.87. The summed E-state index contributed by atoms with van der Waals surface area (Å²) in [6.45, 7) is 3.65. The van der Waals surface area contributed by atoms with Crippen LogP contribution in [-0.2, 0) is 11.8 Å². The minimum atomic E-state index is -0.505. The van der Waals surface area contributed by atoms with Gasteiger partial charge < -0.3 is 9.88 Å². The largest absolute Gasteiger partial charge is 0.312 e. The van der Waals surface area contributed by atoms with Crippen molar-refractivity contribution < 1.29 is 9.18 Å². The fraction of sp³-hybridized carbons (Fsp3) is 0.235. The van der Waals surface area contributed by atoms with Crippen LogP contribution in [0.2, 0.25) is 0 Å². The minimum absolute atomic E-state index is 0.0898. The summed E-state index contributed by atoms with van der Waals surface area (Å²) in [6, 6.07) is 5.98. The molecule has 0 saturated carbocycles. The molecular weight excluding hydrogens is 329 g/mol. The van der Waals surface area contributed by atoms with Crippen LogP contribution in [0.1, 0.15) is 23.5 Å². The Bertz CT molecular complexity index is 879. The predicted octanol–water partition coefficient (Wildman–Crippen LogP) is 2.67. The highest BCUT2D eigenvalue weighted by Gasteiger charge is 2.32. The summed E-state index contributed by atoms with van der Waals surface area (Å²) < 4.78 is 15.3. The Morgan fingerprint density at radius 2 is 2.29 bits per heavy atom. The van der Waals surface area contributed by atoms with E-state index in [1.807, 2.05) is 0 Å². The monoisotopic (exact) mass is 345 g/mol. The van der Waals surface area contributed by atoms with Crippen molar-refractivity contribution in [1.82, 2.24) is 9.55 Å². The van der Waals surface area contributed by atoms with Crippen LogP contribution in [0.25, 0.3) is 0 Å². The van der Waals surface area contributed by atoms with Crippen molar-refractivity contribution in [2.45, 2.75) is 17.5 Å². The summed E-state index contributed by atoms with van der Waals surface area (Å²) >= 11 is 1.36. The van der Waals surface area contributed by atoms with Gasteiger partial charge in [0, 0.05) is 25.1 Å². The van der Waals surface area contributed by atoms with Gasteiger partial charge >= 0.3 is 0 Å². The summed E-state index contributed by atoms with van der Waals surface area (Å²) in [6.07, 6.45) is 1.80. The first kappa shape index (κ1) is 16.4. The number of hydrogen-bond donors (Lipinski definition) is 1. The summed E-state index contributed by atoms with van der Waals surface area (Å²) in [5, 5.41) is 3.25. The van der Waals surface area contributed by atoms with E-state index in [-0.39, 0.29) is 12.3 Å². The molecule has 1 aliphatic rings. The number of aromatic nitrogens is 2. The summed E-state index contributed by atoms with van der Waals surface area (Å²) in [5.74, 6) is -0.0952. The Kier molecular flexibility index (Phi) is 4.53. The van der Waals surface area contributed by atoms with Crippen molar-refractivity contribution in [3.63, 3.8) is 0 Å². The number of nitrogens with one attached hydrogen (secondary N) is 1. The van der Waals surface area contributed by atoms with Gasteiger partial charge in [0.2, 0.25) is 5.91 Å². The molecule has 1 aliphatic heterocycles. The lowest BCUT2D eigenvalue weighted by Gasteiger charge is -2.27. The molecule has 2 aromatic rings. The number of hydrogen-bond acceptors (Lipinski definition) is 4. The molecular formula is C17H16FN3O2S. The highest BCUT2D eigenvalue weighted by atomic mass is 32.2. The number of rotatable bonds is 4. The van der Waals surface area contributed by atoms with E-state index in [1.165, 1.54) is 23.9 Å². The van der Waals surface area contributed by atoms with E-state index < -0.39 is 17.3 Å². The third-order valence-corrected chi connectivity index (χ3v) is 4.91. The van der Waals surface area contributed by atoms with E-state index in [0.29, 0.717) is 27.9 Å². The van der Waals surface area contributed by atoms with Gasteiger partial charge in [-0.3, -0.25) is 9.59 Å². The Morgan fingerprint density at radius 1 is 1.50 bits per heavy atom. The maximum Gasteiger partial charge on any atom is 0.279 e. The number of carbonyl (C=O) groups excluding carboxylic acids is 1. The molecule has 24 heavy (non-hydrogen) atoms. The summed E-state index contributed by atoms with van der Waals surface area (Å²) in [7, 11) is 1.74. The fourth-order valence-corrected chi connectivity index (χ4v) is 3.51. The maximum absolute atomic E-state index is 13.6. The number of thioether (sulfide) groups is 1. The highest BCUT2D eigenvalue weighted by molar-refractivity contribution is 7.99. The molecule has 1 amide bonds. The van der Waals surface area contributed by atoms with Gasteiger partial charge in [-0.15, -0.1) is 6.58 Å². The average molecular weight is 345 g/mol. The summed E-state index contributed by atoms with van der Waals surface area (Å²) in [5.41, 5.74) is 0.589. The van der Waals surface area contributed by atoms with Crippen molar-refractivity contribution >= 4 is 23.5 Å². The third kappa shape index (κ3) is 2.99. The van der Waals surface area contributed by atoms with Crippen LogP contribution in [0.4, 0.5) is 10.2 Å². The number of carbonyl (C=O) groups is 1. The minimum Gasteiger partial charge on any atom is -0.312 e. The number of amides is 1. The van der Waals surface area contributed by atoms with E-state index in [2.05, 4.69) is 16.9 Å². The lowest BCUT2D eigenvalue weighted by Crippen LogP contribution is -2.33. The van der Waals surface area contributed by atoms with Crippen LogP contribution >= 0.6 is 11.8 Å². The number of halogens is 1. The zero-order valence-electron chi connectivity index (χ0n) is 13.1. The molecule has 124 valence electrons. The van der Waals surface area contributed by atoms with Crippen molar-refractivity contribution in [1.29, 1.82) is 0 Å². The molecule has 0 aliphatic carbocycles. The quantitative estimate of drug-likeness (QED) is 0.526. The van der Waals surface area contributed by atoms with Crippen LogP contribution in [0.15, 0.2) is 46.9 Å². The normalized spacial score (nSPS) is 16.4. The van der Waals surface area contributed by atoms with Crippen molar-refractivity contribution in [2.24, 2.45) is 7.05 Å². The molecule has 7 heteroatoms. The van der Waals surface area contributed by atoms with Gasteiger partial charge in [-0.2, -0.15) is 4.98 Å². The van der Waals surface area contributed by atoms with Gasteiger partial charge in [-0.25, -0.2) is 4.39 Å². The predicted molar refractivity (Wildman–Crippen MR) is 91.9 cm³/mol. The molecule has 2 heterocycles. The number of benzene rings is 1. The fourth-order valence-electron chi connectivity index (χ4n) is 2.81. The van der Waals surface area contributed by atoms with Crippen LogP contribution in [-0.4, -0.2) is 21.2 Å². The van der Waals surface area contributed by atoms with E-state index in [4.69, 9.17) is 0 Å². The van der Waals surface area contributed by atoms with Crippen LogP contribution in [0.5, 0.6) is 0 Å². The average Bonchev–Trinajstić information content (AvgIpc) is 2.56. The second kappa shape index (κ2) is 6.60. The maximum atomic E-state index is 13.6. The van der Waals surface area contributed by atoms with E-state index in [0.717, 1.165) is 0 Å². The molecule has 5 nitrogen and oxygen atoms in total. The lowest BCUT2D eigenvalue weighted by molar-refractivity contribution is -0.116. The summed E-state index contributed by atoms with van der Waals surface area (Å²) in [4.78, 5) is 28.8. The van der Waals surface area contributed by atoms with E-state index >= 15 is 0 Å². The van der Waals surface area contributed by atoms with Gasteiger partial charge in [-0.1, -0.05) is 30.0 Å². The Balaban J connectivity index is 2.16. The molecule has 0 unspecified atom stereocenters. The van der Waals surface area contributed by atoms with Crippen molar-refractivity contribution in [3.8, 4) is 0 Å². The first-order chi connectivity index (χ1) is 11.5. The van der Waals surface area contributed by atoms with Crippen LogP contribution < -0.4 is 10.9 Å². The molecule has 0 fully saturated rings. The zero-order chi connectivity index (χ0) is 17.3. The number of nitrogens with zero attached hydrogens (tertiary/aromatic N) is 2. The Hall–Kier alpha value is -2.41. The van der Waals surface area contributed by atoms with Crippen molar-refractivity contribution in [3.05, 3.63) is 64.2 Å². The Morgan fingerprint density at radius 3 is 3.00 bits per heavy atom. The van der Waals surface area contributed by atoms with Crippen LogP contribution in [0.3, 0.4) is 0 Å². The van der Waals surface area contributed by atoms with Gasteiger partial charge in [-0.05, 0) is 17.7 Å². The zero-order valence-corrected chi connectivity index (χ0v) is 13.9. The molecule has 1 atom stereocenters. The smallest absolute Gasteiger partial charge is 0.279 e. The number of anilines is 1. The molecule has 3 rings (SSSR count). The Labute approximate surface area is 142 Å². The van der Waals surface area contributed by atoms with Gasteiger partial charge in [0.25, 0.3) is 5.56 Å². The second-order valence-electron chi connectivity index (χ2n) is 5.48. The van der Waals surface area contributed by atoms with E-state index in [1.54, 1.807) is 29.8 Å². The SMILES string of the molecule is C=CCSc1nc(=O)c2c(n1C)NC(=O)C[C@H]2c1cccc(F)c1. The van der Waals surface area contributed by atoms with Gasteiger partial charge in [0.05, 0.1) is 5.56 Å². The molecule has 1 aromatic carbocycles. The first-order valence-electron chi connectivity index (χ1n) is 7.41. The molecule has 1 N–H and O–H groups in total. The molecule has 0 spiro atoms. The molecule has 0 saturated heterocycles. The highest BCUT2D eigenvalue weighted by Crippen LogP contribution is 2.35. The van der Waals surface area contributed by atoms with Gasteiger partial charge in [0.15, 0.2) is 5.16 Å². The topological polar surface area (TPSA) is 64.0 Å². The first-order valence-corrected chi connectivity index (χ1v) is 8.39. The molecule has 1 aromatic heterocycles. The molecule has 0 bridgehead atoms. The van der Waals surface area contributed by atoms with Crippen LogP contribution in [0, 0.1) is 5.82 Å². The molecule has 0 radical (unpaired) electrons. The second-order valence-corrected chi connectivity index (χ2v) is 6.47. The van der Waals surface area contributed by atoms with Crippen molar-refractivity contribution in [2.75, 3.05) is 11.1 Å². The van der Waals surface area contributed by atoms with Gasteiger partial charge in [0.1, 0.15) is 11.6 Å². The number of fused-ring (bicyclic) bond motifs is 1. The standard InChI is InChI=1S/C17H16FN3O2S/c1-3-7-24-17-20-16(23)14-12(10-5-4-6-11(18)8-10)9-13(22)19-15(14)21(17)2/h3-6,8,12H,1,7,9H2,2H3,(H,19,22)/t12-/m0/s1. The third-order valence-electron chi connectivity index (χ3n) is 3.88.